The number of nitrogens with zero attached hydrogens (tertiary/aromatic N) is 2. The minimum atomic E-state index is -3.73. The highest BCUT2D eigenvalue weighted by Crippen LogP contribution is 2.30. The minimum absolute atomic E-state index is 0.0326. The first kappa shape index (κ1) is 22.3. The first-order valence-electron chi connectivity index (χ1n) is 10.4. The third kappa shape index (κ3) is 4.47. The van der Waals surface area contributed by atoms with Crippen molar-refractivity contribution in [2.24, 2.45) is 0 Å². The van der Waals surface area contributed by atoms with Gasteiger partial charge in [0, 0.05) is 37.3 Å². The van der Waals surface area contributed by atoms with Crippen LogP contribution in [0, 0.1) is 0 Å². The SMILES string of the molecule is COc1ccc(S(=O)(=O)N2CCOCC2)cc1NC(=O)c1cccc(N2CCCC2=O)c1. The van der Waals surface area contributed by atoms with Gasteiger partial charge in [-0.25, -0.2) is 8.42 Å². The van der Waals surface area contributed by atoms with E-state index in [2.05, 4.69) is 5.32 Å². The van der Waals surface area contributed by atoms with Crippen LogP contribution in [0.25, 0.3) is 0 Å². The Bertz CT molecular complexity index is 1130. The first-order valence-corrected chi connectivity index (χ1v) is 11.8. The second kappa shape index (κ2) is 9.27. The number of methoxy groups -OCH3 is 1. The lowest BCUT2D eigenvalue weighted by Crippen LogP contribution is -2.40. The molecule has 0 unspecified atom stereocenters. The molecule has 9 nitrogen and oxygen atoms in total. The fourth-order valence-electron chi connectivity index (χ4n) is 3.81. The van der Waals surface area contributed by atoms with Gasteiger partial charge in [0.05, 0.1) is 30.9 Å². The Kier molecular flexibility index (Phi) is 6.45. The van der Waals surface area contributed by atoms with E-state index >= 15 is 0 Å². The van der Waals surface area contributed by atoms with Crippen LogP contribution in [0.5, 0.6) is 5.75 Å². The summed E-state index contributed by atoms with van der Waals surface area (Å²) in [5, 5.41) is 2.75. The summed E-state index contributed by atoms with van der Waals surface area (Å²) in [7, 11) is -2.29. The normalized spacial score (nSPS) is 17.4. The molecule has 0 spiro atoms. The Balaban J connectivity index is 1.59. The van der Waals surface area contributed by atoms with Crippen LogP contribution in [0.3, 0.4) is 0 Å². The quantitative estimate of drug-likeness (QED) is 0.709. The standard InChI is InChI=1S/C22H25N3O6S/c1-30-20-8-7-18(32(28,29)24-10-12-31-13-11-24)15-19(20)23-22(27)16-4-2-5-17(14-16)25-9-3-6-21(25)26/h2,4-5,7-8,14-15H,3,6,9-13H2,1H3,(H,23,27). The molecule has 2 amide bonds. The summed E-state index contributed by atoms with van der Waals surface area (Å²) >= 11 is 0. The second-order valence-electron chi connectivity index (χ2n) is 7.53. The third-order valence-electron chi connectivity index (χ3n) is 5.52. The van der Waals surface area contributed by atoms with Crippen LogP contribution >= 0.6 is 0 Å². The van der Waals surface area contributed by atoms with Crippen molar-refractivity contribution in [1.82, 2.24) is 4.31 Å². The lowest BCUT2D eigenvalue weighted by Gasteiger charge is -2.26. The highest BCUT2D eigenvalue weighted by atomic mass is 32.2. The number of nitrogens with one attached hydrogen (secondary N) is 1. The van der Waals surface area contributed by atoms with Gasteiger partial charge in [0.15, 0.2) is 0 Å². The zero-order valence-corrected chi connectivity index (χ0v) is 18.6. The van der Waals surface area contributed by atoms with Gasteiger partial charge in [0.2, 0.25) is 15.9 Å². The van der Waals surface area contributed by atoms with Crippen molar-refractivity contribution < 1.29 is 27.5 Å². The lowest BCUT2D eigenvalue weighted by molar-refractivity contribution is -0.117. The Labute approximate surface area is 187 Å². The third-order valence-corrected chi connectivity index (χ3v) is 7.42. The molecule has 0 aromatic heterocycles. The fraction of sp³-hybridized carbons (Fsp3) is 0.364. The smallest absolute Gasteiger partial charge is 0.255 e. The first-order chi connectivity index (χ1) is 15.4. The van der Waals surface area contributed by atoms with Crippen molar-refractivity contribution in [2.45, 2.75) is 17.7 Å². The van der Waals surface area contributed by atoms with Crippen LogP contribution in [0.15, 0.2) is 47.4 Å². The van der Waals surface area contributed by atoms with E-state index in [0.717, 1.165) is 6.42 Å². The zero-order valence-electron chi connectivity index (χ0n) is 17.7. The van der Waals surface area contributed by atoms with Crippen molar-refractivity contribution in [1.29, 1.82) is 0 Å². The maximum Gasteiger partial charge on any atom is 0.255 e. The maximum atomic E-state index is 13.0. The van der Waals surface area contributed by atoms with E-state index in [0.29, 0.717) is 43.2 Å². The Morgan fingerprint density at radius 2 is 1.88 bits per heavy atom. The zero-order chi connectivity index (χ0) is 22.7. The van der Waals surface area contributed by atoms with Crippen LogP contribution < -0.4 is 15.0 Å². The molecule has 32 heavy (non-hydrogen) atoms. The molecule has 2 saturated heterocycles. The number of ether oxygens (including phenoxy) is 2. The summed E-state index contributed by atoms with van der Waals surface area (Å²) in [5.41, 5.74) is 1.26. The number of morpholine rings is 1. The molecule has 170 valence electrons. The van der Waals surface area contributed by atoms with Crippen LogP contribution in [-0.2, 0) is 19.6 Å². The number of amides is 2. The molecule has 2 aromatic carbocycles. The number of carbonyl (C=O) groups is 2. The van der Waals surface area contributed by atoms with Crippen molar-refractivity contribution in [2.75, 3.05) is 50.2 Å². The largest absolute Gasteiger partial charge is 0.495 e. The van der Waals surface area contributed by atoms with Gasteiger partial charge in [-0.3, -0.25) is 9.59 Å². The summed E-state index contributed by atoms with van der Waals surface area (Å²) in [6.07, 6.45) is 1.29. The number of hydrogen-bond donors (Lipinski definition) is 1. The highest BCUT2D eigenvalue weighted by Gasteiger charge is 2.27. The predicted octanol–water partition coefficient (Wildman–Crippen LogP) is 2.10. The van der Waals surface area contributed by atoms with Gasteiger partial charge < -0.3 is 19.7 Å². The monoisotopic (exact) mass is 459 g/mol. The van der Waals surface area contributed by atoms with Crippen molar-refractivity contribution in [3.05, 3.63) is 48.0 Å². The van der Waals surface area contributed by atoms with Gasteiger partial charge >= 0.3 is 0 Å². The molecular formula is C22H25N3O6S. The van der Waals surface area contributed by atoms with E-state index < -0.39 is 15.9 Å². The van der Waals surface area contributed by atoms with Crippen molar-refractivity contribution >= 4 is 33.2 Å². The van der Waals surface area contributed by atoms with E-state index in [9.17, 15) is 18.0 Å². The van der Waals surface area contributed by atoms with E-state index in [4.69, 9.17) is 9.47 Å². The highest BCUT2D eigenvalue weighted by molar-refractivity contribution is 7.89. The summed E-state index contributed by atoms with van der Waals surface area (Å²) < 4.78 is 37.9. The Morgan fingerprint density at radius 3 is 2.56 bits per heavy atom. The molecule has 0 atom stereocenters. The molecule has 4 rings (SSSR count). The molecule has 0 aliphatic carbocycles. The van der Waals surface area contributed by atoms with E-state index in [1.54, 1.807) is 29.2 Å². The molecule has 2 aromatic rings. The summed E-state index contributed by atoms with van der Waals surface area (Å²) in [6.45, 7) is 1.86. The summed E-state index contributed by atoms with van der Waals surface area (Å²) in [6, 6.07) is 11.2. The van der Waals surface area contributed by atoms with Crippen molar-refractivity contribution in [3.8, 4) is 5.75 Å². The summed E-state index contributed by atoms with van der Waals surface area (Å²) in [5.74, 6) is -0.0619. The molecule has 1 N–H and O–H groups in total. The van der Waals surface area contributed by atoms with Gasteiger partial charge in [-0.2, -0.15) is 4.31 Å². The molecule has 0 bridgehead atoms. The fourth-order valence-corrected chi connectivity index (χ4v) is 5.25. The second-order valence-corrected chi connectivity index (χ2v) is 9.47. The summed E-state index contributed by atoms with van der Waals surface area (Å²) in [4.78, 5) is 26.7. The van der Waals surface area contributed by atoms with Crippen LogP contribution in [0.2, 0.25) is 0 Å². The number of hydrogen-bond acceptors (Lipinski definition) is 6. The van der Waals surface area contributed by atoms with Crippen LogP contribution in [0.1, 0.15) is 23.2 Å². The Hall–Kier alpha value is -2.95. The molecule has 2 aliphatic rings. The Morgan fingerprint density at radius 1 is 1.09 bits per heavy atom. The van der Waals surface area contributed by atoms with E-state index in [1.807, 2.05) is 0 Å². The molecule has 2 heterocycles. The van der Waals surface area contributed by atoms with Crippen molar-refractivity contribution in [3.63, 3.8) is 0 Å². The molecule has 2 fully saturated rings. The average Bonchev–Trinajstić information content (AvgIpc) is 3.25. The van der Waals surface area contributed by atoms with E-state index in [-0.39, 0.29) is 29.6 Å². The average molecular weight is 460 g/mol. The topological polar surface area (TPSA) is 105 Å². The number of benzene rings is 2. The van der Waals surface area contributed by atoms with Gasteiger partial charge in [-0.15, -0.1) is 0 Å². The number of rotatable bonds is 6. The van der Waals surface area contributed by atoms with Crippen LogP contribution in [-0.4, -0.2) is 64.5 Å². The molecule has 10 heteroatoms. The number of sulfonamides is 1. The predicted molar refractivity (Wildman–Crippen MR) is 119 cm³/mol. The van der Waals surface area contributed by atoms with Gasteiger partial charge in [0.25, 0.3) is 5.91 Å². The molecule has 0 saturated carbocycles. The number of anilines is 2. The van der Waals surface area contributed by atoms with Gasteiger partial charge in [-0.1, -0.05) is 6.07 Å². The molecule has 2 aliphatic heterocycles. The maximum absolute atomic E-state index is 13.0. The van der Waals surface area contributed by atoms with E-state index in [1.165, 1.54) is 29.6 Å². The van der Waals surface area contributed by atoms with Gasteiger partial charge in [0.1, 0.15) is 5.75 Å². The molecule has 0 radical (unpaired) electrons. The number of carbonyl (C=O) groups excluding carboxylic acids is 2. The van der Waals surface area contributed by atoms with Crippen LogP contribution in [0.4, 0.5) is 11.4 Å². The lowest BCUT2D eigenvalue weighted by atomic mass is 10.1. The molecular weight excluding hydrogens is 434 g/mol. The van der Waals surface area contributed by atoms with Gasteiger partial charge in [-0.05, 0) is 42.8 Å². The minimum Gasteiger partial charge on any atom is -0.495 e.